The molecule has 1 aliphatic carbocycles. The van der Waals surface area contributed by atoms with Gasteiger partial charge in [-0.15, -0.1) is 0 Å². The zero-order valence-electron chi connectivity index (χ0n) is 7.94. The van der Waals surface area contributed by atoms with Crippen LogP contribution in [-0.2, 0) is 11.7 Å². The largest absolute Gasteiger partial charge is 0.269 e. The normalized spacial score (nSPS) is 28.2. The van der Waals surface area contributed by atoms with Crippen molar-refractivity contribution < 1.29 is 5.11 Å². The molecule has 71 valence electrons. The van der Waals surface area contributed by atoms with Gasteiger partial charge in [0.2, 0.25) is 0 Å². The molecule has 2 unspecified atom stereocenters. The molecule has 1 radical (unpaired) electrons. The van der Waals surface area contributed by atoms with Gasteiger partial charge in [0.15, 0.2) is 0 Å². The Morgan fingerprint density at radius 3 is 3.08 bits per heavy atom. The first-order chi connectivity index (χ1) is 6.33. The zero-order valence-corrected chi connectivity index (χ0v) is 7.94. The molecule has 1 saturated carbocycles. The van der Waals surface area contributed by atoms with Crippen molar-refractivity contribution in [3.05, 3.63) is 18.0 Å². The standard InChI is InChI=1S/C10H15N2O/c1-2-12-9(6-7-11-12)8-4-3-5-10(8)13/h6-8,10H,2-5H2,1H3. The molecule has 1 aromatic rings. The molecule has 1 heterocycles. The Bertz CT molecular complexity index is 282. The van der Waals surface area contributed by atoms with Gasteiger partial charge < -0.3 is 0 Å². The summed E-state index contributed by atoms with van der Waals surface area (Å²) in [7, 11) is 0. The van der Waals surface area contributed by atoms with Crippen LogP contribution in [0, 0.1) is 0 Å². The van der Waals surface area contributed by atoms with Gasteiger partial charge in [-0.1, -0.05) is 0 Å². The summed E-state index contributed by atoms with van der Waals surface area (Å²) in [5.74, 6) is 0.211. The minimum atomic E-state index is -0.401. The Balaban J connectivity index is 2.23. The fourth-order valence-electron chi connectivity index (χ4n) is 2.19. The van der Waals surface area contributed by atoms with Crippen LogP contribution >= 0.6 is 0 Å². The minimum Gasteiger partial charge on any atom is -0.269 e. The van der Waals surface area contributed by atoms with Crippen molar-refractivity contribution in [3.63, 3.8) is 0 Å². The summed E-state index contributed by atoms with van der Waals surface area (Å²) in [6.45, 7) is 2.93. The second-order valence-corrected chi connectivity index (χ2v) is 3.65. The third-order valence-corrected chi connectivity index (χ3v) is 2.88. The SMILES string of the molecule is CCn1nccc1C1CCCC1[O]. The highest BCUT2D eigenvalue weighted by molar-refractivity contribution is 5.11. The summed E-state index contributed by atoms with van der Waals surface area (Å²) >= 11 is 0. The smallest absolute Gasteiger partial charge is 0.101 e. The summed E-state index contributed by atoms with van der Waals surface area (Å²) < 4.78 is 1.95. The first kappa shape index (κ1) is 8.75. The van der Waals surface area contributed by atoms with Crippen molar-refractivity contribution in [1.82, 2.24) is 9.78 Å². The van der Waals surface area contributed by atoms with Crippen LogP contribution in [0.25, 0.3) is 0 Å². The molecule has 1 fully saturated rings. The molecule has 0 saturated heterocycles. The first-order valence-electron chi connectivity index (χ1n) is 5.00. The van der Waals surface area contributed by atoms with Crippen LogP contribution in [0.2, 0.25) is 0 Å². The van der Waals surface area contributed by atoms with Gasteiger partial charge in [0.05, 0.1) is 0 Å². The van der Waals surface area contributed by atoms with Crippen LogP contribution in [0.15, 0.2) is 12.3 Å². The van der Waals surface area contributed by atoms with Crippen molar-refractivity contribution in [1.29, 1.82) is 0 Å². The van der Waals surface area contributed by atoms with E-state index in [9.17, 15) is 5.11 Å². The monoisotopic (exact) mass is 179 g/mol. The van der Waals surface area contributed by atoms with Gasteiger partial charge in [0.25, 0.3) is 0 Å². The third-order valence-electron chi connectivity index (χ3n) is 2.88. The molecular formula is C10H15N2O. The molecule has 0 aromatic carbocycles. The first-order valence-corrected chi connectivity index (χ1v) is 5.00. The summed E-state index contributed by atoms with van der Waals surface area (Å²) in [5.41, 5.74) is 1.14. The van der Waals surface area contributed by atoms with E-state index >= 15 is 0 Å². The molecule has 0 aliphatic heterocycles. The lowest BCUT2D eigenvalue weighted by atomic mass is 10.0. The van der Waals surface area contributed by atoms with Crippen molar-refractivity contribution in [2.24, 2.45) is 0 Å². The molecule has 0 N–H and O–H groups in total. The van der Waals surface area contributed by atoms with E-state index in [1.807, 2.05) is 10.7 Å². The Morgan fingerprint density at radius 2 is 2.46 bits per heavy atom. The van der Waals surface area contributed by atoms with Gasteiger partial charge in [-0.3, -0.25) is 4.68 Å². The second kappa shape index (κ2) is 3.50. The highest BCUT2D eigenvalue weighted by Crippen LogP contribution is 2.34. The molecule has 2 rings (SSSR count). The average Bonchev–Trinajstić information content (AvgIpc) is 2.71. The van der Waals surface area contributed by atoms with E-state index in [1.54, 1.807) is 6.20 Å². The fraction of sp³-hybridized carbons (Fsp3) is 0.700. The molecule has 0 spiro atoms. The van der Waals surface area contributed by atoms with Crippen molar-refractivity contribution >= 4 is 0 Å². The lowest BCUT2D eigenvalue weighted by Gasteiger charge is -2.13. The van der Waals surface area contributed by atoms with Crippen LogP contribution in [0.4, 0.5) is 0 Å². The van der Waals surface area contributed by atoms with Gasteiger partial charge >= 0.3 is 0 Å². The minimum absolute atomic E-state index is 0.211. The van der Waals surface area contributed by atoms with E-state index in [-0.39, 0.29) is 5.92 Å². The Kier molecular flexibility index (Phi) is 2.36. The predicted molar refractivity (Wildman–Crippen MR) is 49.0 cm³/mol. The van der Waals surface area contributed by atoms with Crippen LogP contribution in [-0.4, -0.2) is 15.9 Å². The molecule has 3 heteroatoms. The lowest BCUT2D eigenvalue weighted by Crippen LogP contribution is -2.14. The molecule has 0 bridgehead atoms. The van der Waals surface area contributed by atoms with E-state index in [2.05, 4.69) is 12.0 Å². The van der Waals surface area contributed by atoms with Gasteiger partial charge in [0.1, 0.15) is 6.10 Å². The lowest BCUT2D eigenvalue weighted by molar-refractivity contribution is 0.0781. The maximum Gasteiger partial charge on any atom is 0.101 e. The maximum absolute atomic E-state index is 11.6. The summed E-state index contributed by atoms with van der Waals surface area (Å²) in [5, 5.41) is 15.8. The molecule has 3 nitrogen and oxygen atoms in total. The summed E-state index contributed by atoms with van der Waals surface area (Å²) in [6.07, 6.45) is 4.35. The quantitative estimate of drug-likeness (QED) is 0.684. The average molecular weight is 179 g/mol. The van der Waals surface area contributed by atoms with Crippen molar-refractivity contribution in [2.75, 3.05) is 0 Å². The fourth-order valence-corrected chi connectivity index (χ4v) is 2.19. The van der Waals surface area contributed by atoms with E-state index in [0.717, 1.165) is 31.5 Å². The van der Waals surface area contributed by atoms with Crippen molar-refractivity contribution in [3.8, 4) is 0 Å². The van der Waals surface area contributed by atoms with Gasteiger partial charge in [-0.2, -0.15) is 5.10 Å². The van der Waals surface area contributed by atoms with E-state index in [0.29, 0.717) is 0 Å². The number of hydrogen-bond donors (Lipinski definition) is 0. The number of hydrogen-bond acceptors (Lipinski definition) is 1. The molecule has 1 aliphatic rings. The summed E-state index contributed by atoms with van der Waals surface area (Å²) in [4.78, 5) is 0. The number of rotatable bonds is 2. The Hall–Kier alpha value is -0.830. The van der Waals surface area contributed by atoms with Crippen LogP contribution in [0.5, 0.6) is 0 Å². The van der Waals surface area contributed by atoms with Crippen LogP contribution in [0.1, 0.15) is 37.8 Å². The topological polar surface area (TPSA) is 37.7 Å². The number of nitrogens with zero attached hydrogens (tertiary/aromatic N) is 2. The number of aromatic nitrogens is 2. The predicted octanol–water partition coefficient (Wildman–Crippen LogP) is 1.97. The van der Waals surface area contributed by atoms with E-state index < -0.39 is 6.10 Å². The molecule has 2 atom stereocenters. The van der Waals surface area contributed by atoms with Gasteiger partial charge in [-0.05, 0) is 32.3 Å². The van der Waals surface area contributed by atoms with Crippen LogP contribution < -0.4 is 0 Å². The van der Waals surface area contributed by atoms with E-state index in [4.69, 9.17) is 0 Å². The van der Waals surface area contributed by atoms with Crippen molar-refractivity contribution in [2.45, 2.75) is 44.8 Å². The molecule has 0 amide bonds. The Labute approximate surface area is 78.4 Å². The maximum atomic E-state index is 11.6. The molecular weight excluding hydrogens is 164 g/mol. The zero-order chi connectivity index (χ0) is 9.26. The molecule has 1 aromatic heterocycles. The molecule has 13 heavy (non-hydrogen) atoms. The Morgan fingerprint density at radius 1 is 1.62 bits per heavy atom. The third kappa shape index (κ3) is 1.48. The number of aryl methyl sites for hydroxylation is 1. The van der Waals surface area contributed by atoms with Crippen LogP contribution in [0.3, 0.4) is 0 Å². The van der Waals surface area contributed by atoms with Gasteiger partial charge in [0, 0.05) is 24.4 Å². The second-order valence-electron chi connectivity index (χ2n) is 3.65. The highest BCUT2D eigenvalue weighted by atomic mass is 16.3. The highest BCUT2D eigenvalue weighted by Gasteiger charge is 2.30. The van der Waals surface area contributed by atoms with Gasteiger partial charge in [-0.25, -0.2) is 5.11 Å². The van der Waals surface area contributed by atoms with E-state index in [1.165, 1.54) is 0 Å². The summed E-state index contributed by atoms with van der Waals surface area (Å²) in [6, 6.07) is 1.99.